The van der Waals surface area contributed by atoms with Crippen molar-refractivity contribution in [3.8, 4) is 0 Å². The van der Waals surface area contributed by atoms with Crippen molar-refractivity contribution in [3.05, 3.63) is 34.8 Å². The van der Waals surface area contributed by atoms with Gasteiger partial charge in [0.05, 0.1) is 29.5 Å². The molecule has 1 aliphatic carbocycles. The molecule has 0 amide bonds. The molecular weight excluding hydrogens is 336 g/mol. The molecule has 2 aromatic rings. The van der Waals surface area contributed by atoms with Crippen LogP contribution in [0.15, 0.2) is 29.1 Å². The standard InChI is InChI=1S/C15H19BrN2OS/c16-14-7-6-13-8-17-11-18(13)15(14)10-20(19)9-12-4-2-1-3-5-12/h6-8,11-12H,1-5,9-10H2. The minimum absolute atomic E-state index is 0.602. The second-order valence-electron chi connectivity index (χ2n) is 5.57. The molecule has 20 heavy (non-hydrogen) atoms. The molecule has 0 radical (unpaired) electrons. The molecule has 0 aromatic carbocycles. The predicted molar refractivity (Wildman–Crippen MR) is 86.2 cm³/mol. The summed E-state index contributed by atoms with van der Waals surface area (Å²) in [5.74, 6) is 2.10. The van der Waals surface area contributed by atoms with E-state index in [0.717, 1.165) is 21.4 Å². The largest absolute Gasteiger partial charge is 0.301 e. The van der Waals surface area contributed by atoms with E-state index in [-0.39, 0.29) is 0 Å². The van der Waals surface area contributed by atoms with Crippen molar-refractivity contribution < 1.29 is 4.21 Å². The molecule has 1 saturated carbocycles. The van der Waals surface area contributed by atoms with E-state index in [4.69, 9.17) is 0 Å². The van der Waals surface area contributed by atoms with Crippen molar-refractivity contribution in [2.45, 2.75) is 37.9 Å². The Morgan fingerprint density at radius 2 is 2.10 bits per heavy atom. The molecule has 108 valence electrons. The topological polar surface area (TPSA) is 34.4 Å². The third-order valence-corrected chi connectivity index (χ3v) is 6.24. The Bertz CT molecular complexity index is 619. The summed E-state index contributed by atoms with van der Waals surface area (Å²) < 4.78 is 15.5. The monoisotopic (exact) mass is 354 g/mol. The van der Waals surface area contributed by atoms with Gasteiger partial charge in [0.25, 0.3) is 0 Å². The molecule has 0 bridgehead atoms. The number of hydrogen-bond donors (Lipinski definition) is 0. The summed E-state index contributed by atoms with van der Waals surface area (Å²) in [6.45, 7) is 0. The highest BCUT2D eigenvalue weighted by Crippen LogP contribution is 2.26. The zero-order chi connectivity index (χ0) is 13.9. The lowest BCUT2D eigenvalue weighted by Crippen LogP contribution is -2.16. The van der Waals surface area contributed by atoms with E-state index < -0.39 is 10.8 Å². The summed E-state index contributed by atoms with van der Waals surface area (Å²) >= 11 is 3.57. The second kappa shape index (κ2) is 6.39. The summed E-state index contributed by atoms with van der Waals surface area (Å²) in [5.41, 5.74) is 2.12. The van der Waals surface area contributed by atoms with Crippen molar-refractivity contribution in [3.63, 3.8) is 0 Å². The van der Waals surface area contributed by atoms with Crippen LogP contribution in [0, 0.1) is 5.92 Å². The first-order valence-corrected chi connectivity index (χ1v) is 9.46. The summed E-state index contributed by atoms with van der Waals surface area (Å²) in [7, 11) is -0.798. The molecule has 1 fully saturated rings. The molecule has 1 atom stereocenters. The second-order valence-corrected chi connectivity index (χ2v) is 7.93. The van der Waals surface area contributed by atoms with Gasteiger partial charge in [-0.2, -0.15) is 0 Å². The molecule has 0 spiro atoms. The minimum Gasteiger partial charge on any atom is -0.301 e. The number of halogens is 1. The van der Waals surface area contributed by atoms with Crippen molar-refractivity contribution in [2.75, 3.05) is 5.75 Å². The van der Waals surface area contributed by atoms with Gasteiger partial charge in [-0.1, -0.05) is 19.3 Å². The van der Waals surface area contributed by atoms with Crippen LogP contribution in [0.5, 0.6) is 0 Å². The van der Waals surface area contributed by atoms with Crippen molar-refractivity contribution in [2.24, 2.45) is 5.92 Å². The van der Waals surface area contributed by atoms with E-state index in [2.05, 4.69) is 20.9 Å². The summed E-state index contributed by atoms with van der Waals surface area (Å²) in [6.07, 6.45) is 10.1. The molecule has 2 heterocycles. The van der Waals surface area contributed by atoms with Crippen LogP contribution < -0.4 is 0 Å². The highest BCUT2D eigenvalue weighted by molar-refractivity contribution is 9.10. The van der Waals surface area contributed by atoms with Crippen LogP contribution in [0.4, 0.5) is 0 Å². The van der Waals surface area contributed by atoms with Gasteiger partial charge in [-0.05, 0) is 46.8 Å². The van der Waals surface area contributed by atoms with Gasteiger partial charge in [0, 0.05) is 21.0 Å². The maximum absolute atomic E-state index is 12.5. The highest BCUT2D eigenvalue weighted by atomic mass is 79.9. The molecule has 3 rings (SSSR count). The predicted octanol–water partition coefficient (Wildman–Crippen LogP) is 3.93. The third kappa shape index (κ3) is 3.14. The van der Waals surface area contributed by atoms with Crippen molar-refractivity contribution in [1.82, 2.24) is 9.38 Å². The highest BCUT2D eigenvalue weighted by Gasteiger charge is 2.18. The Labute approximate surface area is 130 Å². The minimum atomic E-state index is -0.798. The fourth-order valence-corrected chi connectivity index (χ4v) is 5.22. The van der Waals surface area contributed by atoms with Gasteiger partial charge in [0.1, 0.15) is 0 Å². The van der Waals surface area contributed by atoms with Gasteiger partial charge in [-0.3, -0.25) is 4.21 Å². The maximum atomic E-state index is 12.5. The lowest BCUT2D eigenvalue weighted by atomic mass is 9.91. The van der Waals surface area contributed by atoms with Crippen LogP contribution in [0.1, 0.15) is 37.8 Å². The Hall–Kier alpha value is -0.680. The van der Waals surface area contributed by atoms with Crippen LogP contribution in [0.25, 0.3) is 5.52 Å². The summed E-state index contributed by atoms with van der Waals surface area (Å²) in [4.78, 5) is 4.17. The molecule has 0 aliphatic heterocycles. The van der Waals surface area contributed by atoms with Gasteiger partial charge in [-0.25, -0.2) is 4.98 Å². The molecule has 0 saturated heterocycles. The summed E-state index contributed by atoms with van der Waals surface area (Å²) in [6, 6.07) is 4.04. The van der Waals surface area contributed by atoms with Gasteiger partial charge < -0.3 is 4.40 Å². The number of aromatic nitrogens is 2. The lowest BCUT2D eigenvalue weighted by molar-refractivity contribution is 0.388. The van der Waals surface area contributed by atoms with Crippen LogP contribution in [0.2, 0.25) is 0 Å². The number of imidazole rings is 1. The first-order valence-electron chi connectivity index (χ1n) is 7.18. The zero-order valence-electron chi connectivity index (χ0n) is 11.4. The van der Waals surface area contributed by atoms with Crippen LogP contribution >= 0.6 is 15.9 Å². The van der Waals surface area contributed by atoms with Gasteiger partial charge in [0.15, 0.2) is 0 Å². The van der Waals surface area contributed by atoms with Gasteiger partial charge in [0.2, 0.25) is 0 Å². The van der Waals surface area contributed by atoms with E-state index in [9.17, 15) is 4.21 Å². The number of hydrogen-bond acceptors (Lipinski definition) is 2. The SMILES string of the molecule is O=S(Cc1c(Br)ccc2cncn12)CC1CCCCC1. The van der Waals surface area contributed by atoms with Crippen LogP contribution in [-0.4, -0.2) is 19.3 Å². The molecule has 1 aliphatic rings. The van der Waals surface area contributed by atoms with Crippen molar-refractivity contribution >= 4 is 32.2 Å². The number of fused-ring (bicyclic) bond motifs is 1. The van der Waals surface area contributed by atoms with Crippen LogP contribution in [0.3, 0.4) is 0 Å². The first kappa shape index (κ1) is 14.3. The molecule has 3 nitrogen and oxygen atoms in total. The van der Waals surface area contributed by atoms with E-state index >= 15 is 0 Å². The maximum Gasteiger partial charge on any atom is 0.0994 e. The molecule has 1 unspecified atom stereocenters. The number of nitrogens with zero attached hydrogens (tertiary/aromatic N) is 2. The molecule has 0 N–H and O–H groups in total. The van der Waals surface area contributed by atoms with Gasteiger partial charge >= 0.3 is 0 Å². The molecule has 5 heteroatoms. The quantitative estimate of drug-likeness (QED) is 0.833. The van der Waals surface area contributed by atoms with Crippen molar-refractivity contribution in [1.29, 1.82) is 0 Å². The normalized spacial score (nSPS) is 18.4. The van der Waals surface area contributed by atoms with Gasteiger partial charge in [-0.15, -0.1) is 0 Å². The fourth-order valence-electron chi connectivity index (χ4n) is 2.99. The van der Waals surface area contributed by atoms with E-state index in [1.165, 1.54) is 32.1 Å². The molecular formula is C15H19BrN2OS. The fraction of sp³-hybridized carbons (Fsp3) is 0.533. The summed E-state index contributed by atoms with van der Waals surface area (Å²) in [5, 5.41) is 0. The average molecular weight is 355 g/mol. The third-order valence-electron chi connectivity index (χ3n) is 4.08. The Kier molecular flexibility index (Phi) is 4.56. The average Bonchev–Trinajstić information content (AvgIpc) is 2.92. The number of pyridine rings is 1. The van der Waals surface area contributed by atoms with E-state index in [0.29, 0.717) is 11.7 Å². The smallest absolute Gasteiger partial charge is 0.0994 e. The Morgan fingerprint density at radius 1 is 1.30 bits per heavy atom. The first-order chi connectivity index (χ1) is 9.74. The zero-order valence-corrected chi connectivity index (χ0v) is 13.8. The Balaban J connectivity index is 1.73. The Morgan fingerprint density at radius 3 is 2.90 bits per heavy atom. The number of rotatable bonds is 4. The lowest BCUT2D eigenvalue weighted by Gasteiger charge is -2.21. The van der Waals surface area contributed by atoms with E-state index in [1.807, 2.05) is 22.7 Å². The van der Waals surface area contributed by atoms with E-state index in [1.54, 1.807) is 6.33 Å². The van der Waals surface area contributed by atoms with Crippen LogP contribution in [-0.2, 0) is 16.6 Å². The molecule has 2 aromatic heterocycles.